The van der Waals surface area contributed by atoms with Crippen LogP contribution in [0.5, 0.6) is 5.75 Å². The Bertz CT molecular complexity index is 1070. The summed E-state index contributed by atoms with van der Waals surface area (Å²) >= 11 is 3.48. The van der Waals surface area contributed by atoms with Gasteiger partial charge in [-0.15, -0.1) is 0 Å². The van der Waals surface area contributed by atoms with Crippen molar-refractivity contribution >= 4 is 21.8 Å². The molecule has 2 heterocycles. The summed E-state index contributed by atoms with van der Waals surface area (Å²) in [4.78, 5) is 0. The number of nitrogens with one attached hydrogen (secondary N) is 1. The minimum absolute atomic E-state index is 0.312. The van der Waals surface area contributed by atoms with E-state index < -0.39 is 28.6 Å². The lowest BCUT2D eigenvalue weighted by Gasteiger charge is -2.50. The summed E-state index contributed by atoms with van der Waals surface area (Å²) in [7, 11) is 1.56. The molecule has 2 saturated heterocycles. The Kier molecular flexibility index (Phi) is 6.90. The number of rotatable bonds is 2. The molecule has 0 aromatic heterocycles. The van der Waals surface area contributed by atoms with Gasteiger partial charge in [0.25, 0.3) is 0 Å². The highest BCUT2D eigenvalue weighted by molar-refractivity contribution is 9.10. The van der Waals surface area contributed by atoms with Crippen LogP contribution in [0.1, 0.15) is 75.9 Å². The van der Waals surface area contributed by atoms with Crippen LogP contribution < -0.4 is 4.74 Å². The molecular formula is C26H29BrN4O3. The Hall–Kier alpha value is -2.60. The Balaban J connectivity index is 1.89. The standard InChI is InChI=1S/C26H29BrN4O3/c1-32-20-12-11-18(14-19(20)27)22-24(15-28,16-29)25(17-30)21-10-8-6-4-2-3-5-7-9-13-26(21,33-22)34-23(25)31/h11-12,14,21-22,31H,2-10,13H2,1H3. The predicted octanol–water partition coefficient (Wildman–Crippen LogP) is 6.31. The largest absolute Gasteiger partial charge is 0.496 e. The van der Waals surface area contributed by atoms with Crippen LogP contribution in [0.3, 0.4) is 0 Å². The number of nitrogens with zero attached hydrogens (tertiary/aromatic N) is 3. The van der Waals surface area contributed by atoms with E-state index in [1.807, 2.05) is 0 Å². The molecule has 0 amide bonds. The molecule has 1 aliphatic carbocycles. The normalized spacial score (nSPS) is 33.0. The molecule has 34 heavy (non-hydrogen) atoms. The van der Waals surface area contributed by atoms with Gasteiger partial charge >= 0.3 is 0 Å². The first-order valence-electron chi connectivity index (χ1n) is 12.0. The number of hydrogen-bond acceptors (Lipinski definition) is 7. The average molecular weight is 525 g/mol. The highest BCUT2D eigenvalue weighted by Gasteiger charge is 2.79. The van der Waals surface area contributed by atoms with Gasteiger partial charge in [0, 0.05) is 6.42 Å². The first-order chi connectivity index (χ1) is 16.4. The molecule has 4 rings (SSSR count). The molecule has 1 N–H and O–H groups in total. The van der Waals surface area contributed by atoms with Crippen molar-refractivity contribution in [2.45, 2.75) is 76.1 Å². The topological polar surface area (TPSA) is 123 Å². The second-order valence-corrected chi connectivity index (χ2v) is 10.4. The van der Waals surface area contributed by atoms with Crippen LogP contribution in [0.15, 0.2) is 22.7 Å². The molecule has 8 heteroatoms. The minimum Gasteiger partial charge on any atom is -0.496 e. The van der Waals surface area contributed by atoms with Gasteiger partial charge in [0.05, 0.1) is 35.7 Å². The number of halogens is 1. The highest BCUT2D eigenvalue weighted by atomic mass is 79.9. The van der Waals surface area contributed by atoms with E-state index in [0.717, 1.165) is 38.5 Å². The smallest absolute Gasteiger partial charge is 0.217 e. The summed E-state index contributed by atoms with van der Waals surface area (Å²) in [5, 5.41) is 40.4. The van der Waals surface area contributed by atoms with Crippen LogP contribution >= 0.6 is 15.9 Å². The van der Waals surface area contributed by atoms with E-state index in [9.17, 15) is 15.8 Å². The van der Waals surface area contributed by atoms with Gasteiger partial charge in [-0.3, -0.25) is 5.41 Å². The fraction of sp³-hybridized carbons (Fsp3) is 0.615. The van der Waals surface area contributed by atoms with Crippen LogP contribution in [0.25, 0.3) is 0 Å². The summed E-state index contributed by atoms with van der Waals surface area (Å²) in [6.45, 7) is 0. The lowest BCUT2D eigenvalue weighted by molar-refractivity contribution is -0.287. The third-order valence-electron chi connectivity index (χ3n) is 7.79. The monoisotopic (exact) mass is 524 g/mol. The van der Waals surface area contributed by atoms with Crippen molar-refractivity contribution < 1.29 is 14.2 Å². The van der Waals surface area contributed by atoms with Crippen LogP contribution in [-0.2, 0) is 9.47 Å². The third kappa shape index (κ3) is 3.49. The maximum absolute atomic E-state index is 10.6. The van der Waals surface area contributed by atoms with Gasteiger partial charge in [-0.25, -0.2) is 0 Å². The van der Waals surface area contributed by atoms with Gasteiger partial charge in [0.2, 0.25) is 17.1 Å². The van der Waals surface area contributed by atoms with Crippen LogP contribution in [0.2, 0.25) is 0 Å². The third-order valence-corrected chi connectivity index (χ3v) is 8.41. The van der Waals surface area contributed by atoms with Crippen molar-refractivity contribution in [2.75, 3.05) is 7.11 Å². The van der Waals surface area contributed by atoms with Crippen molar-refractivity contribution in [2.24, 2.45) is 16.7 Å². The second-order valence-electron chi connectivity index (χ2n) is 9.51. The average Bonchev–Trinajstić information content (AvgIpc) is 3.01. The molecule has 1 aromatic carbocycles. The second kappa shape index (κ2) is 9.57. The predicted molar refractivity (Wildman–Crippen MR) is 127 cm³/mol. The van der Waals surface area contributed by atoms with Gasteiger partial charge in [0.15, 0.2) is 5.41 Å². The Labute approximate surface area is 209 Å². The summed E-state index contributed by atoms with van der Waals surface area (Å²) in [6, 6.07) is 11.8. The summed E-state index contributed by atoms with van der Waals surface area (Å²) < 4.78 is 18.8. The molecule has 7 nitrogen and oxygen atoms in total. The van der Waals surface area contributed by atoms with E-state index in [0.29, 0.717) is 28.6 Å². The number of nitriles is 3. The van der Waals surface area contributed by atoms with E-state index in [4.69, 9.17) is 19.6 Å². The molecule has 178 valence electrons. The quantitative estimate of drug-likeness (QED) is 0.483. The maximum atomic E-state index is 10.6. The van der Waals surface area contributed by atoms with Crippen LogP contribution in [-0.4, -0.2) is 18.8 Å². The number of methoxy groups -OCH3 is 1. The zero-order valence-electron chi connectivity index (χ0n) is 19.4. The molecule has 4 unspecified atom stereocenters. The Morgan fingerprint density at radius 2 is 1.65 bits per heavy atom. The van der Waals surface area contributed by atoms with Crippen LogP contribution in [0, 0.1) is 56.2 Å². The number of hydrogen-bond donors (Lipinski definition) is 1. The van der Waals surface area contributed by atoms with Crippen molar-refractivity contribution in [1.29, 1.82) is 21.2 Å². The Morgan fingerprint density at radius 1 is 1.00 bits per heavy atom. The zero-order chi connectivity index (χ0) is 24.4. The molecule has 1 aromatic rings. The van der Waals surface area contributed by atoms with Crippen LogP contribution in [0.4, 0.5) is 0 Å². The van der Waals surface area contributed by atoms with E-state index in [2.05, 4.69) is 34.1 Å². The van der Waals surface area contributed by atoms with E-state index in [-0.39, 0.29) is 5.90 Å². The van der Waals surface area contributed by atoms with E-state index in [1.54, 1.807) is 25.3 Å². The molecule has 4 atom stereocenters. The van der Waals surface area contributed by atoms with Gasteiger partial charge in [0.1, 0.15) is 11.9 Å². The SMILES string of the molecule is COc1ccc(C2OC34CCCCCCCCCCC3C(C#N)(C(=N)O4)C2(C#N)C#N)cc1Br. The fourth-order valence-electron chi connectivity index (χ4n) is 6.07. The number of ether oxygens (including phenoxy) is 3. The summed E-state index contributed by atoms with van der Waals surface area (Å²) in [5.74, 6) is -1.48. The van der Waals surface area contributed by atoms with E-state index >= 15 is 0 Å². The van der Waals surface area contributed by atoms with Gasteiger partial charge in [-0.05, 0) is 46.5 Å². The van der Waals surface area contributed by atoms with Crippen molar-refractivity contribution in [3.05, 3.63) is 28.2 Å². The van der Waals surface area contributed by atoms with E-state index in [1.165, 1.54) is 12.8 Å². The molecule has 1 saturated carbocycles. The lowest BCUT2D eigenvalue weighted by atomic mass is 9.52. The molecule has 0 radical (unpaired) electrons. The lowest BCUT2D eigenvalue weighted by Crippen LogP contribution is -2.59. The van der Waals surface area contributed by atoms with Crippen molar-refractivity contribution in [3.63, 3.8) is 0 Å². The first-order valence-corrected chi connectivity index (χ1v) is 12.8. The maximum Gasteiger partial charge on any atom is 0.217 e. The fourth-order valence-corrected chi connectivity index (χ4v) is 6.63. The molecule has 0 spiro atoms. The first kappa shape index (κ1) is 24.5. The zero-order valence-corrected chi connectivity index (χ0v) is 21.0. The molecule has 3 aliphatic rings. The minimum atomic E-state index is -1.94. The molecule has 2 bridgehead atoms. The molecular weight excluding hydrogens is 496 g/mol. The number of benzene rings is 1. The van der Waals surface area contributed by atoms with Gasteiger partial charge in [-0.1, -0.05) is 51.0 Å². The van der Waals surface area contributed by atoms with Gasteiger partial charge < -0.3 is 14.2 Å². The molecule has 3 fully saturated rings. The Morgan fingerprint density at radius 3 is 2.24 bits per heavy atom. The summed E-state index contributed by atoms with van der Waals surface area (Å²) in [5.41, 5.74) is -3.08. The van der Waals surface area contributed by atoms with Crippen molar-refractivity contribution in [1.82, 2.24) is 0 Å². The van der Waals surface area contributed by atoms with Crippen molar-refractivity contribution in [3.8, 4) is 24.0 Å². The van der Waals surface area contributed by atoms with Gasteiger partial charge in [-0.2, -0.15) is 15.8 Å². The highest BCUT2D eigenvalue weighted by Crippen LogP contribution is 2.68. The summed E-state index contributed by atoms with van der Waals surface area (Å²) in [6.07, 6.45) is 8.33. The molecule has 2 aliphatic heterocycles.